The van der Waals surface area contributed by atoms with Crippen LogP contribution in [0, 0.1) is 0 Å². The Morgan fingerprint density at radius 3 is 2.85 bits per heavy atom. The lowest BCUT2D eigenvalue weighted by Gasteiger charge is -2.30. The Kier molecular flexibility index (Phi) is 5.93. The van der Waals surface area contributed by atoms with E-state index in [4.69, 9.17) is 0 Å². The second-order valence-corrected chi connectivity index (χ2v) is 7.50. The fraction of sp³-hybridized carbons (Fsp3) is 0.722. The van der Waals surface area contributed by atoms with Gasteiger partial charge < -0.3 is 19.8 Å². The van der Waals surface area contributed by atoms with Gasteiger partial charge >= 0.3 is 0 Å². The highest BCUT2D eigenvalue weighted by atomic mass is 16.3. The van der Waals surface area contributed by atoms with E-state index in [1.54, 1.807) is 9.80 Å². The summed E-state index contributed by atoms with van der Waals surface area (Å²) in [6, 6.07) is 1.88. The van der Waals surface area contributed by atoms with Gasteiger partial charge in [-0.05, 0) is 33.0 Å². The Balaban J connectivity index is 1.61. The predicted octanol–water partition coefficient (Wildman–Crippen LogP) is 0.223. The number of likely N-dealkylation sites (tertiary alicyclic amines) is 1. The Hall–Kier alpha value is -1.93. The van der Waals surface area contributed by atoms with E-state index >= 15 is 0 Å². The Labute approximate surface area is 154 Å². The van der Waals surface area contributed by atoms with Crippen molar-refractivity contribution in [3.8, 4) is 0 Å². The third-order valence-corrected chi connectivity index (χ3v) is 5.05. The number of likely N-dealkylation sites (N-methyl/N-ethyl adjacent to an activating group) is 1. The van der Waals surface area contributed by atoms with Gasteiger partial charge in [0.05, 0.1) is 31.0 Å². The van der Waals surface area contributed by atoms with E-state index in [1.165, 1.54) is 0 Å². The first-order valence-electron chi connectivity index (χ1n) is 9.39. The molecule has 0 bridgehead atoms. The van der Waals surface area contributed by atoms with Crippen molar-refractivity contribution in [3.63, 3.8) is 0 Å². The molecule has 3 rings (SSSR count). The van der Waals surface area contributed by atoms with Crippen LogP contribution in [0.2, 0.25) is 0 Å². The van der Waals surface area contributed by atoms with Gasteiger partial charge in [0.15, 0.2) is 0 Å². The van der Waals surface area contributed by atoms with Crippen LogP contribution in [-0.2, 0) is 22.7 Å². The summed E-state index contributed by atoms with van der Waals surface area (Å²) >= 11 is 0. The molecule has 1 N–H and O–H groups in total. The summed E-state index contributed by atoms with van der Waals surface area (Å²) < 4.78 is 1.87. The molecule has 1 aromatic rings. The van der Waals surface area contributed by atoms with Crippen molar-refractivity contribution in [3.05, 3.63) is 17.5 Å². The zero-order chi connectivity index (χ0) is 18.7. The maximum absolute atomic E-state index is 12.7. The van der Waals surface area contributed by atoms with E-state index in [-0.39, 0.29) is 18.4 Å². The molecular weight excluding hydrogens is 334 g/mol. The first-order valence-corrected chi connectivity index (χ1v) is 9.39. The fourth-order valence-electron chi connectivity index (χ4n) is 3.57. The minimum Gasteiger partial charge on any atom is -0.385 e. The van der Waals surface area contributed by atoms with Crippen molar-refractivity contribution in [2.45, 2.75) is 44.9 Å². The van der Waals surface area contributed by atoms with Gasteiger partial charge in [-0.15, -0.1) is 0 Å². The van der Waals surface area contributed by atoms with Crippen molar-refractivity contribution in [2.24, 2.45) is 0 Å². The Bertz CT molecular complexity index is 657. The highest BCUT2D eigenvalue weighted by molar-refractivity contribution is 5.85. The molecule has 3 heterocycles. The van der Waals surface area contributed by atoms with Gasteiger partial charge in [0.1, 0.15) is 6.10 Å². The van der Waals surface area contributed by atoms with Crippen LogP contribution in [0.1, 0.15) is 43.2 Å². The van der Waals surface area contributed by atoms with Gasteiger partial charge in [0.25, 0.3) is 0 Å². The molecule has 1 saturated heterocycles. The number of nitrogens with zero attached hydrogens (tertiary/aromatic N) is 5. The number of amides is 2. The number of carbonyl (C=O) groups is 2. The number of carbonyl (C=O) groups excluding carboxylic acids is 2. The summed E-state index contributed by atoms with van der Waals surface area (Å²) in [7, 11) is 3.81. The lowest BCUT2D eigenvalue weighted by Crippen LogP contribution is -2.45. The monoisotopic (exact) mass is 363 g/mol. The van der Waals surface area contributed by atoms with Crippen LogP contribution in [0.15, 0.2) is 6.07 Å². The molecule has 26 heavy (non-hydrogen) atoms. The van der Waals surface area contributed by atoms with E-state index < -0.39 is 6.10 Å². The quantitative estimate of drug-likeness (QED) is 0.809. The molecule has 8 heteroatoms. The predicted molar refractivity (Wildman–Crippen MR) is 96.2 cm³/mol. The third-order valence-electron chi connectivity index (χ3n) is 5.05. The van der Waals surface area contributed by atoms with Gasteiger partial charge in [-0.2, -0.15) is 5.10 Å². The van der Waals surface area contributed by atoms with Gasteiger partial charge in [0, 0.05) is 26.1 Å². The number of fused-ring (bicyclic) bond motifs is 1. The van der Waals surface area contributed by atoms with E-state index in [0.29, 0.717) is 44.8 Å². The number of aliphatic hydroxyl groups excluding tert-OH is 1. The normalized spacial score (nSPS) is 19.5. The second-order valence-electron chi connectivity index (χ2n) is 7.50. The molecule has 0 radical (unpaired) electrons. The van der Waals surface area contributed by atoms with Crippen LogP contribution < -0.4 is 0 Å². The van der Waals surface area contributed by atoms with Crippen LogP contribution in [0.25, 0.3) is 0 Å². The first kappa shape index (κ1) is 18.8. The summed E-state index contributed by atoms with van der Waals surface area (Å²) in [4.78, 5) is 30.2. The maximum Gasteiger partial charge on any atom is 0.242 e. The highest BCUT2D eigenvalue weighted by Gasteiger charge is 2.27. The van der Waals surface area contributed by atoms with Crippen molar-refractivity contribution in [2.75, 3.05) is 40.3 Å². The molecule has 2 aliphatic rings. The lowest BCUT2D eigenvalue weighted by atomic mass is 10.2. The van der Waals surface area contributed by atoms with E-state index in [2.05, 4.69) is 5.10 Å². The average Bonchev–Trinajstić information content (AvgIpc) is 2.92. The zero-order valence-electron chi connectivity index (χ0n) is 15.7. The Morgan fingerprint density at radius 1 is 1.27 bits per heavy atom. The maximum atomic E-state index is 12.7. The molecule has 0 aliphatic carbocycles. The van der Waals surface area contributed by atoms with Crippen LogP contribution in [0.3, 0.4) is 0 Å². The Morgan fingerprint density at radius 2 is 2.08 bits per heavy atom. The van der Waals surface area contributed by atoms with E-state index in [9.17, 15) is 14.7 Å². The molecule has 0 saturated carbocycles. The summed E-state index contributed by atoms with van der Waals surface area (Å²) in [5.41, 5.74) is 1.57. The van der Waals surface area contributed by atoms with Gasteiger partial charge in [-0.3, -0.25) is 14.3 Å². The van der Waals surface area contributed by atoms with Crippen LogP contribution in [0.4, 0.5) is 0 Å². The topological polar surface area (TPSA) is 81.9 Å². The van der Waals surface area contributed by atoms with Gasteiger partial charge in [-0.1, -0.05) is 6.42 Å². The number of hydrogen-bond acceptors (Lipinski definition) is 5. The molecule has 1 aromatic heterocycles. The third kappa shape index (κ3) is 4.42. The molecule has 8 nitrogen and oxygen atoms in total. The number of aromatic nitrogens is 2. The van der Waals surface area contributed by atoms with E-state index in [1.807, 2.05) is 29.7 Å². The van der Waals surface area contributed by atoms with Crippen LogP contribution in [0.5, 0.6) is 0 Å². The van der Waals surface area contributed by atoms with Crippen molar-refractivity contribution < 1.29 is 14.7 Å². The molecule has 2 aliphatic heterocycles. The van der Waals surface area contributed by atoms with E-state index in [0.717, 1.165) is 25.0 Å². The second kappa shape index (κ2) is 8.18. The molecular formula is C18H29N5O3. The fourth-order valence-corrected chi connectivity index (χ4v) is 3.57. The molecule has 0 spiro atoms. The molecule has 144 valence electrons. The smallest absolute Gasteiger partial charge is 0.242 e. The van der Waals surface area contributed by atoms with Crippen LogP contribution >= 0.6 is 0 Å². The minimum absolute atomic E-state index is 0.0110. The molecule has 0 unspecified atom stereocenters. The lowest BCUT2D eigenvalue weighted by molar-refractivity contribution is -0.141. The van der Waals surface area contributed by atoms with Crippen molar-refractivity contribution in [1.29, 1.82) is 0 Å². The van der Waals surface area contributed by atoms with Crippen molar-refractivity contribution in [1.82, 2.24) is 24.5 Å². The minimum atomic E-state index is -0.637. The summed E-state index contributed by atoms with van der Waals surface area (Å²) in [6.45, 7) is 3.03. The SMILES string of the molecule is CN(C)C[C@H](O)c1cc2n(n1)CCN(C(=O)CN1CCCCCC1=O)C2. The summed E-state index contributed by atoms with van der Waals surface area (Å²) in [5, 5.41) is 14.7. The number of rotatable bonds is 5. The number of hydrogen-bond donors (Lipinski definition) is 1. The largest absolute Gasteiger partial charge is 0.385 e. The molecule has 0 aromatic carbocycles. The molecule has 1 fully saturated rings. The van der Waals surface area contributed by atoms with Gasteiger partial charge in [-0.25, -0.2) is 0 Å². The van der Waals surface area contributed by atoms with Crippen molar-refractivity contribution >= 4 is 11.8 Å². The first-order chi connectivity index (χ1) is 12.4. The molecule has 1 atom stereocenters. The average molecular weight is 363 g/mol. The molecule has 2 amide bonds. The van der Waals surface area contributed by atoms with Gasteiger partial charge in [0.2, 0.25) is 11.8 Å². The standard InChI is InChI=1S/C18H29N5O3/c1-20(2)12-16(24)15-10-14-11-22(8-9-23(14)19-15)18(26)13-21-7-5-3-4-6-17(21)25/h10,16,24H,3-9,11-13H2,1-2H3/t16-/m0/s1. The highest BCUT2D eigenvalue weighted by Crippen LogP contribution is 2.19. The number of aliphatic hydroxyl groups is 1. The summed E-state index contributed by atoms with van der Waals surface area (Å²) in [5.74, 6) is 0.0788. The zero-order valence-corrected chi connectivity index (χ0v) is 15.7. The summed E-state index contributed by atoms with van der Waals surface area (Å²) in [6.07, 6.45) is 2.86. The van der Waals surface area contributed by atoms with Crippen LogP contribution in [-0.4, -0.2) is 81.7 Å².